The van der Waals surface area contributed by atoms with Crippen LogP contribution in [0.1, 0.15) is 147 Å². The van der Waals surface area contributed by atoms with Crippen molar-refractivity contribution in [1.82, 2.24) is 70.1 Å². The number of carbonyl (C=O) groups excluding carboxylic acids is 2. The highest BCUT2D eigenvalue weighted by molar-refractivity contribution is 7.87. The fourth-order valence-electron chi connectivity index (χ4n) is 10.7. The average molecular weight is 1260 g/mol. The van der Waals surface area contributed by atoms with Crippen LogP contribution in [-0.4, -0.2) is 142 Å². The summed E-state index contributed by atoms with van der Waals surface area (Å²) in [7, 11) is -1.74. The minimum absolute atomic E-state index is 0.0389. The SMILES string of the molecule is Cn1cc(Nc2nccc(-c3ccc4c(c3)CN([C@H]3CCOC3)CC[C@H]4CC(=O)c3nnc(C(C)(C)C)o3)n2)cn1.Cn1cc(Nc2nccc(-c3ccc4c(c3)CNCC[C@H]4CC(=O)c3nnc(C(C)(C)C)o3)n2)cn1.O=S(=O)(O[C@@H]1CCOC1)C(F)(F)F. The van der Waals surface area contributed by atoms with Crippen LogP contribution in [0.5, 0.6) is 0 Å². The van der Waals surface area contributed by atoms with E-state index in [-0.39, 0.29) is 65.6 Å². The van der Waals surface area contributed by atoms with E-state index in [2.05, 4.69) is 112 Å². The minimum Gasteiger partial charge on any atom is -0.418 e. The van der Waals surface area contributed by atoms with E-state index in [1.807, 2.05) is 80.2 Å². The molecule has 29 heteroatoms. The smallest absolute Gasteiger partial charge is 0.418 e. The van der Waals surface area contributed by atoms with E-state index < -0.39 is 21.7 Å². The zero-order valence-corrected chi connectivity index (χ0v) is 52.1. The van der Waals surface area contributed by atoms with Crippen LogP contribution in [-0.2, 0) is 61.8 Å². The lowest BCUT2D eigenvalue weighted by molar-refractivity contribution is -0.0574. The highest BCUT2D eigenvalue weighted by Crippen LogP contribution is 2.38. The zero-order valence-electron chi connectivity index (χ0n) is 51.3. The van der Waals surface area contributed by atoms with Gasteiger partial charge in [0.2, 0.25) is 35.2 Å². The van der Waals surface area contributed by atoms with Crippen LogP contribution < -0.4 is 16.0 Å². The molecule has 0 amide bonds. The summed E-state index contributed by atoms with van der Waals surface area (Å²) >= 11 is 0. The number of ketones is 2. The number of hydrogen-bond acceptors (Lipinski definition) is 23. The molecule has 3 N–H and O–H groups in total. The summed E-state index contributed by atoms with van der Waals surface area (Å²) in [5, 5.41) is 34.5. The van der Waals surface area contributed by atoms with Gasteiger partial charge in [0.25, 0.3) is 11.8 Å². The van der Waals surface area contributed by atoms with Crippen LogP contribution in [0.4, 0.5) is 36.4 Å². The Labute approximate surface area is 518 Å². The minimum atomic E-state index is -5.46. The van der Waals surface area contributed by atoms with E-state index in [0.29, 0.717) is 42.6 Å². The Bertz CT molecular complexity index is 3900. The highest BCUT2D eigenvalue weighted by Gasteiger charge is 2.49. The predicted octanol–water partition coefficient (Wildman–Crippen LogP) is 9.45. The molecule has 0 radical (unpaired) electrons. The topological polar surface area (TPSA) is 300 Å². The number of Topliss-reactive ketones (excluding diaryl/α,β-unsaturated/α-hetero) is 2. The van der Waals surface area contributed by atoms with Crippen LogP contribution in [0.25, 0.3) is 22.5 Å². The molecular weight excluding hydrogens is 1190 g/mol. The van der Waals surface area contributed by atoms with Crippen LogP contribution in [0.15, 0.2) is 94.5 Å². The summed E-state index contributed by atoms with van der Waals surface area (Å²) < 4.78 is 85.2. The number of alkyl halides is 3. The zero-order chi connectivity index (χ0) is 64.0. The van der Waals surface area contributed by atoms with Gasteiger partial charge in [0.05, 0.1) is 48.4 Å². The number of halogens is 3. The molecule has 12 rings (SSSR count). The van der Waals surface area contributed by atoms with E-state index in [1.165, 1.54) is 11.1 Å². The van der Waals surface area contributed by atoms with E-state index in [9.17, 15) is 31.2 Å². The molecule has 90 heavy (non-hydrogen) atoms. The number of aryl methyl sites for hydroxylation is 2. The Hall–Kier alpha value is -8.22. The molecule has 6 aromatic heterocycles. The Morgan fingerprint density at radius 2 is 1.20 bits per heavy atom. The number of benzene rings is 2. The predicted molar refractivity (Wildman–Crippen MR) is 323 cm³/mol. The Kier molecular flexibility index (Phi) is 19.8. The maximum atomic E-state index is 13.3. The second kappa shape index (κ2) is 27.5. The van der Waals surface area contributed by atoms with Crippen LogP contribution in [0, 0.1) is 0 Å². The fourth-order valence-corrected chi connectivity index (χ4v) is 11.3. The Morgan fingerprint density at radius 3 is 1.68 bits per heavy atom. The van der Waals surface area contributed by atoms with Crippen molar-refractivity contribution >= 4 is 45.0 Å². The van der Waals surface area contributed by atoms with E-state index in [0.717, 1.165) is 104 Å². The molecule has 4 aliphatic rings. The molecule has 478 valence electrons. The summed E-state index contributed by atoms with van der Waals surface area (Å²) in [6.07, 6.45) is 13.2. The van der Waals surface area contributed by atoms with Crippen molar-refractivity contribution < 1.29 is 53.7 Å². The first-order valence-corrected chi connectivity index (χ1v) is 31.0. The van der Waals surface area contributed by atoms with Crippen molar-refractivity contribution in [2.24, 2.45) is 14.1 Å². The molecule has 2 fully saturated rings. The number of anilines is 4. The molecule has 0 saturated carbocycles. The summed E-state index contributed by atoms with van der Waals surface area (Å²) in [6, 6.07) is 17.0. The third-order valence-corrected chi connectivity index (χ3v) is 16.5. The first-order valence-electron chi connectivity index (χ1n) is 29.6. The molecule has 0 bridgehead atoms. The Morgan fingerprint density at radius 1 is 0.678 bits per heavy atom. The van der Waals surface area contributed by atoms with Crippen LogP contribution in [0.2, 0.25) is 0 Å². The van der Waals surface area contributed by atoms with Crippen LogP contribution >= 0.6 is 0 Å². The van der Waals surface area contributed by atoms with Crippen molar-refractivity contribution in [3.63, 3.8) is 0 Å². The summed E-state index contributed by atoms with van der Waals surface area (Å²) in [5.74, 6) is 2.00. The molecule has 0 spiro atoms. The third kappa shape index (κ3) is 16.4. The number of carbonyl (C=O) groups is 2. The third-order valence-electron chi connectivity index (χ3n) is 15.4. The van der Waals surface area contributed by atoms with Gasteiger partial charge in [-0.25, -0.2) is 19.9 Å². The van der Waals surface area contributed by atoms with E-state index >= 15 is 0 Å². The van der Waals surface area contributed by atoms with Crippen molar-refractivity contribution in [1.29, 1.82) is 0 Å². The molecular formula is C61H73F3N16O9S. The van der Waals surface area contributed by atoms with Gasteiger partial charge in [-0.15, -0.1) is 20.4 Å². The monoisotopic (exact) mass is 1260 g/mol. The summed E-state index contributed by atoms with van der Waals surface area (Å²) in [5.41, 5.74) is 4.02. The largest absolute Gasteiger partial charge is 0.523 e. The van der Waals surface area contributed by atoms with Gasteiger partial charge in [-0.2, -0.15) is 31.8 Å². The van der Waals surface area contributed by atoms with Gasteiger partial charge in [-0.1, -0.05) is 65.8 Å². The van der Waals surface area contributed by atoms with E-state index in [4.69, 9.17) is 18.6 Å². The molecule has 4 atom stereocenters. The van der Waals surface area contributed by atoms with Gasteiger partial charge in [0.1, 0.15) is 6.10 Å². The van der Waals surface area contributed by atoms with Crippen molar-refractivity contribution in [3.05, 3.63) is 132 Å². The summed E-state index contributed by atoms with van der Waals surface area (Å²) in [6.45, 7) is 16.8. The number of aromatic nitrogens is 12. The van der Waals surface area contributed by atoms with E-state index in [1.54, 1.807) is 34.2 Å². The van der Waals surface area contributed by atoms with Gasteiger partial charge in [-0.3, -0.25) is 28.0 Å². The molecule has 0 aliphatic carbocycles. The molecule has 2 aromatic carbocycles. The first-order chi connectivity index (χ1) is 42.8. The first kappa shape index (κ1) is 64.8. The number of hydrogen-bond donors (Lipinski definition) is 3. The fraction of sp³-hybridized carbons (Fsp3) is 0.475. The average Bonchev–Trinajstić information content (AvgIpc) is 1.91. The lowest BCUT2D eigenvalue weighted by atomic mass is 9.87. The molecule has 4 aliphatic heterocycles. The number of nitrogens with zero attached hydrogens (tertiary/aromatic N) is 13. The van der Waals surface area contributed by atoms with Crippen LogP contribution in [0.3, 0.4) is 0 Å². The maximum Gasteiger partial charge on any atom is 0.523 e. The maximum absolute atomic E-state index is 13.3. The second-order valence-corrected chi connectivity index (χ2v) is 26.2. The molecule has 10 heterocycles. The highest BCUT2D eigenvalue weighted by atomic mass is 32.2. The number of rotatable bonds is 15. The molecule has 2 saturated heterocycles. The van der Waals surface area contributed by atoms with Gasteiger partial charge in [0.15, 0.2) is 0 Å². The van der Waals surface area contributed by atoms with Gasteiger partial charge < -0.3 is 34.3 Å². The lowest BCUT2D eigenvalue weighted by Gasteiger charge is -2.26. The number of fused-ring (bicyclic) bond motifs is 2. The van der Waals surface area contributed by atoms with Gasteiger partial charge in [0, 0.05) is 112 Å². The lowest BCUT2D eigenvalue weighted by Crippen LogP contribution is -2.35. The van der Waals surface area contributed by atoms with Gasteiger partial charge >= 0.3 is 15.6 Å². The normalized spacial score (nSPS) is 18.9. The standard InChI is InChI=1S/C30H36N8O3.C26H30N8O2.C5H7F3O4S/c1-30(2,3)28-36-35-27(41-28)26(39)14-19-8-11-38(23-9-12-40-18-23)16-21-13-20(5-6-24(19)21)25-7-10-31-29(34-25)33-22-15-32-37(4)17-22;1-26(2,3)24-33-32-23(36-24)22(35)12-16-7-9-27-13-18-11-17(5-6-20(16)18)21-8-10-28-25(31-21)30-19-14-29-34(4)15-19;6-5(7,8)13(9,10)12-4-1-2-11-3-4/h5-7,10,13,15,17,19,23H,8-9,11-12,14,16,18H2,1-4H3,(H,31,33,34);5-6,8,10-11,14-16,27H,7,9,12-13H2,1-4H3,(H,28,30,31);4H,1-3H2/t19-,23-;16-;4-/m001/s1. The van der Waals surface area contributed by atoms with Crippen molar-refractivity contribution in [3.8, 4) is 22.5 Å². The second-order valence-electron chi connectivity index (χ2n) is 24.6. The summed E-state index contributed by atoms with van der Waals surface area (Å²) in [4.78, 5) is 47.0. The Balaban J connectivity index is 0.000000166. The van der Waals surface area contributed by atoms with Crippen molar-refractivity contribution in [2.45, 2.75) is 133 Å². The number of nitrogens with one attached hydrogen (secondary N) is 3. The molecule has 25 nitrogen and oxygen atoms in total. The molecule has 8 aromatic rings. The van der Waals surface area contributed by atoms with Gasteiger partial charge in [-0.05, 0) is 90.7 Å². The number of ether oxygens (including phenoxy) is 2. The quantitative estimate of drug-likeness (QED) is 0.0489. The van der Waals surface area contributed by atoms with Crippen molar-refractivity contribution in [2.75, 3.05) is 50.2 Å². The molecule has 0 unspecified atom stereocenters.